The first-order valence-electron chi connectivity index (χ1n) is 5.87. The van der Waals surface area contributed by atoms with Gasteiger partial charge in [-0.3, -0.25) is 0 Å². The maximum Gasteiger partial charge on any atom is -0.0206 e. The Labute approximate surface area is 83.4 Å². The van der Waals surface area contributed by atoms with E-state index in [9.17, 15) is 0 Å². The molecule has 0 nitrogen and oxygen atoms in total. The fourth-order valence-corrected chi connectivity index (χ4v) is 1.73. The second-order valence-electron chi connectivity index (χ2n) is 4.90. The highest BCUT2D eigenvalue weighted by atomic mass is 14.3. The van der Waals surface area contributed by atoms with Gasteiger partial charge in [0.05, 0.1) is 0 Å². The van der Waals surface area contributed by atoms with Gasteiger partial charge in [-0.1, -0.05) is 38.3 Å². The molecule has 0 heteroatoms. The van der Waals surface area contributed by atoms with Crippen LogP contribution in [0.15, 0.2) is 11.6 Å². The van der Waals surface area contributed by atoms with Crippen LogP contribution in [0.5, 0.6) is 0 Å². The van der Waals surface area contributed by atoms with E-state index in [1.807, 2.05) is 0 Å². The minimum absolute atomic E-state index is 0.883. The number of hydrogen-bond acceptors (Lipinski definition) is 0. The van der Waals surface area contributed by atoms with Gasteiger partial charge >= 0.3 is 0 Å². The summed E-state index contributed by atoms with van der Waals surface area (Å²) in [6.07, 6.45) is 10.9. The Hall–Kier alpha value is -0.260. The van der Waals surface area contributed by atoms with Crippen LogP contribution in [0.2, 0.25) is 0 Å². The van der Waals surface area contributed by atoms with E-state index in [0.29, 0.717) is 0 Å². The van der Waals surface area contributed by atoms with Crippen molar-refractivity contribution >= 4 is 0 Å². The van der Waals surface area contributed by atoms with Gasteiger partial charge < -0.3 is 0 Å². The minimum Gasteiger partial charge on any atom is -0.0853 e. The highest BCUT2D eigenvalue weighted by Crippen LogP contribution is 2.36. The lowest BCUT2D eigenvalue weighted by Crippen LogP contribution is -1.86. The third-order valence-electron chi connectivity index (χ3n) is 2.92. The summed E-state index contributed by atoms with van der Waals surface area (Å²) < 4.78 is 0. The van der Waals surface area contributed by atoms with Crippen molar-refractivity contribution < 1.29 is 0 Å². The fourth-order valence-electron chi connectivity index (χ4n) is 1.73. The average Bonchev–Trinajstić information content (AvgIpc) is 2.85. The number of unbranched alkanes of at least 4 members (excludes halogenated alkanes) is 2. The molecule has 1 fully saturated rings. The Balaban J connectivity index is 1.96. The Morgan fingerprint density at radius 1 is 1.31 bits per heavy atom. The Kier molecular flexibility index (Phi) is 4.55. The van der Waals surface area contributed by atoms with Gasteiger partial charge in [0.25, 0.3) is 0 Å². The predicted octanol–water partition coefficient (Wildman–Crippen LogP) is 4.56. The summed E-state index contributed by atoms with van der Waals surface area (Å²) in [4.78, 5) is 0. The van der Waals surface area contributed by atoms with Crippen molar-refractivity contribution in [1.82, 2.24) is 0 Å². The molecule has 13 heavy (non-hydrogen) atoms. The van der Waals surface area contributed by atoms with Crippen molar-refractivity contribution in [3.63, 3.8) is 0 Å². The molecule has 1 saturated carbocycles. The summed E-state index contributed by atoms with van der Waals surface area (Å²) in [5.74, 6) is 1.86. The van der Waals surface area contributed by atoms with Crippen molar-refractivity contribution in [1.29, 1.82) is 0 Å². The second kappa shape index (κ2) is 5.47. The quantitative estimate of drug-likeness (QED) is 0.415. The summed E-state index contributed by atoms with van der Waals surface area (Å²) in [5.41, 5.74) is 1.66. The third kappa shape index (κ3) is 5.13. The van der Waals surface area contributed by atoms with Crippen molar-refractivity contribution in [3.8, 4) is 0 Å². The molecular formula is C13H24. The Morgan fingerprint density at radius 3 is 2.54 bits per heavy atom. The predicted molar refractivity (Wildman–Crippen MR) is 59.8 cm³/mol. The normalized spacial score (nSPS) is 18.3. The molecule has 0 atom stereocenters. The number of hydrogen-bond donors (Lipinski definition) is 0. The molecule has 0 saturated heterocycles. The zero-order valence-electron chi connectivity index (χ0n) is 9.47. The molecule has 76 valence electrons. The van der Waals surface area contributed by atoms with E-state index in [1.165, 1.54) is 38.5 Å². The first kappa shape index (κ1) is 10.8. The lowest BCUT2D eigenvalue weighted by molar-refractivity contribution is 0.540. The monoisotopic (exact) mass is 180 g/mol. The second-order valence-corrected chi connectivity index (χ2v) is 4.90. The molecule has 0 aromatic rings. The SMILES string of the molecule is CC(=CCCCCC(C)C)C1CC1. The van der Waals surface area contributed by atoms with Crippen molar-refractivity contribution in [2.45, 2.75) is 59.3 Å². The molecule has 1 aliphatic carbocycles. The van der Waals surface area contributed by atoms with Gasteiger partial charge in [-0.05, 0) is 44.4 Å². The van der Waals surface area contributed by atoms with Crippen LogP contribution in [0.25, 0.3) is 0 Å². The van der Waals surface area contributed by atoms with Crippen molar-refractivity contribution in [2.75, 3.05) is 0 Å². The van der Waals surface area contributed by atoms with Gasteiger partial charge in [-0.2, -0.15) is 0 Å². The Morgan fingerprint density at radius 2 is 2.00 bits per heavy atom. The average molecular weight is 180 g/mol. The van der Waals surface area contributed by atoms with Gasteiger partial charge in [0, 0.05) is 0 Å². The lowest BCUT2D eigenvalue weighted by Gasteiger charge is -2.02. The summed E-state index contributed by atoms with van der Waals surface area (Å²) in [6.45, 7) is 6.93. The van der Waals surface area contributed by atoms with Gasteiger partial charge in [-0.15, -0.1) is 0 Å². The van der Waals surface area contributed by atoms with E-state index in [0.717, 1.165) is 11.8 Å². The van der Waals surface area contributed by atoms with Crippen molar-refractivity contribution in [3.05, 3.63) is 11.6 Å². The summed E-state index contributed by atoms with van der Waals surface area (Å²) in [5, 5.41) is 0. The zero-order chi connectivity index (χ0) is 9.68. The largest absolute Gasteiger partial charge is 0.0853 e. The van der Waals surface area contributed by atoms with Gasteiger partial charge in [0.2, 0.25) is 0 Å². The van der Waals surface area contributed by atoms with E-state index < -0.39 is 0 Å². The molecule has 0 unspecified atom stereocenters. The molecule has 0 aromatic carbocycles. The summed E-state index contributed by atoms with van der Waals surface area (Å²) >= 11 is 0. The molecule has 0 N–H and O–H groups in total. The van der Waals surface area contributed by atoms with Gasteiger partial charge in [0.1, 0.15) is 0 Å². The Bertz CT molecular complexity index is 161. The molecule has 1 aliphatic rings. The van der Waals surface area contributed by atoms with Crippen LogP contribution in [0.3, 0.4) is 0 Å². The van der Waals surface area contributed by atoms with Crippen LogP contribution in [-0.4, -0.2) is 0 Å². The topological polar surface area (TPSA) is 0 Å². The first-order chi connectivity index (χ1) is 6.20. The molecule has 0 radical (unpaired) electrons. The van der Waals surface area contributed by atoms with Crippen LogP contribution < -0.4 is 0 Å². The molecule has 0 spiro atoms. The molecule has 0 aliphatic heterocycles. The standard InChI is InChI=1S/C13H24/c1-11(2)7-5-4-6-8-12(3)13-9-10-13/h8,11,13H,4-7,9-10H2,1-3H3. The van der Waals surface area contributed by atoms with E-state index >= 15 is 0 Å². The molecule has 0 amide bonds. The van der Waals surface area contributed by atoms with Gasteiger partial charge in [0.15, 0.2) is 0 Å². The maximum atomic E-state index is 2.47. The van der Waals surface area contributed by atoms with E-state index in [-0.39, 0.29) is 0 Å². The summed E-state index contributed by atoms with van der Waals surface area (Å²) in [7, 11) is 0. The van der Waals surface area contributed by atoms with Crippen LogP contribution in [0, 0.1) is 11.8 Å². The van der Waals surface area contributed by atoms with Crippen LogP contribution in [-0.2, 0) is 0 Å². The zero-order valence-corrected chi connectivity index (χ0v) is 9.47. The molecule has 0 aromatic heterocycles. The fraction of sp³-hybridized carbons (Fsp3) is 0.846. The van der Waals surface area contributed by atoms with Gasteiger partial charge in [-0.25, -0.2) is 0 Å². The molecule has 1 rings (SSSR count). The van der Waals surface area contributed by atoms with E-state index in [1.54, 1.807) is 5.57 Å². The first-order valence-corrected chi connectivity index (χ1v) is 5.87. The van der Waals surface area contributed by atoms with Crippen LogP contribution in [0.1, 0.15) is 59.3 Å². The maximum absolute atomic E-state index is 2.47. The molecular weight excluding hydrogens is 156 g/mol. The van der Waals surface area contributed by atoms with Crippen LogP contribution in [0.4, 0.5) is 0 Å². The number of rotatable bonds is 6. The smallest absolute Gasteiger partial charge is 0.0206 e. The third-order valence-corrected chi connectivity index (χ3v) is 2.92. The summed E-state index contributed by atoms with van der Waals surface area (Å²) in [6, 6.07) is 0. The van der Waals surface area contributed by atoms with Crippen LogP contribution >= 0.6 is 0 Å². The van der Waals surface area contributed by atoms with Crippen molar-refractivity contribution in [2.24, 2.45) is 11.8 Å². The minimum atomic E-state index is 0.883. The van der Waals surface area contributed by atoms with E-state index in [2.05, 4.69) is 26.8 Å². The highest BCUT2D eigenvalue weighted by Gasteiger charge is 2.22. The number of allylic oxidation sites excluding steroid dienone is 2. The highest BCUT2D eigenvalue weighted by molar-refractivity contribution is 5.09. The molecule has 0 bridgehead atoms. The van der Waals surface area contributed by atoms with E-state index in [4.69, 9.17) is 0 Å². The molecule has 0 heterocycles. The lowest BCUT2D eigenvalue weighted by atomic mass is 10.0.